The van der Waals surface area contributed by atoms with Crippen molar-refractivity contribution in [3.63, 3.8) is 0 Å². The number of rotatable bonds is 3. The quantitative estimate of drug-likeness (QED) is 0.570. The van der Waals surface area contributed by atoms with Crippen LogP contribution in [-0.2, 0) is 11.3 Å². The van der Waals surface area contributed by atoms with E-state index >= 15 is 0 Å². The summed E-state index contributed by atoms with van der Waals surface area (Å²) in [6.45, 7) is 5.12. The van der Waals surface area contributed by atoms with Crippen LogP contribution in [0.25, 0.3) is 4.96 Å². The van der Waals surface area contributed by atoms with Gasteiger partial charge in [0, 0.05) is 31.4 Å². The molecule has 136 valence electrons. The molecule has 3 heterocycles. The van der Waals surface area contributed by atoms with Gasteiger partial charge in [0.25, 0.3) is 0 Å². The highest BCUT2D eigenvalue weighted by atomic mass is 32.1. The molecule has 2 aromatic heterocycles. The molecule has 0 amide bonds. The Labute approximate surface area is 157 Å². The lowest BCUT2D eigenvalue weighted by atomic mass is 10.0. The van der Waals surface area contributed by atoms with Gasteiger partial charge in [-0.25, -0.2) is 4.98 Å². The maximum atomic E-state index is 6.02. The zero-order valence-electron chi connectivity index (χ0n) is 15.1. The lowest BCUT2D eigenvalue weighted by Crippen LogP contribution is -2.48. The molecule has 7 heteroatoms. The maximum absolute atomic E-state index is 6.02. The van der Waals surface area contributed by atoms with Crippen LogP contribution in [0.1, 0.15) is 22.9 Å². The van der Waals surface area contributed by atoms with E-state index in [1.807, 2.05) is 23.0 Å². The number of thiazole rings is 1. The largest absolute Gasteiger partial charge is 0.370 e. The summed E-state index contributed by atoms with van der Waals surface area (Å²) < 4.78 is 8.07. The van der Waals surface area contributed by atoms with Gasteiger partial charge in [-0.1, -0.05) is 24.3 Å². The van der Waals surface area contributed by atoms with Crippen LogP contribution in [-0.4, -0.2) is 47.0 Å². The second-order valence-corrected chi connectivity index (χ2v) is 7.26. The van der Waals surface area contributed by atoms with Crippen molar-refractivity contribution in [2.45, 2.75) is 19.6 Å². The van der Waals surface area contributed by atoms with Crippen molar-refractivity contribution in [3.8, 4) is 0 Å². The zero-order valence-corrected chi connectivity index (χ0v) is 15.9. The summed E-state index contributed by atoms with van der Waals surface area (Å²) in [5.74, 6) is 0.892. The summed E-state index contributed by atoms with van der Waals surface area (Å²) in [7, 11) is 1.83. The van der Waals surface area contributed by atoms with Crippen molar-refractivity contribution in [3.05, 3.63) is 58.9 Å². The van der Waals surface area contributed by atoms with Crippen LogP contribution in [0.4, 0.5) is 0 Å². The number of imidazole rings is 1. The van der Waals surface area contributed by atoms with E-state index in [2.05, 4.69) is 57.6 Å². The number of aryl methyl sites for hydroxylation is 1. The minimum Gasteiger partial charge on any atom is -0.370 e. The molecular formula is C19H23N5OS. The number of hydrogen-bond acceptors (Lipinski definition) is 4. The molecule has 1 fully saturated rings. The standard InChI is InChI=1S/C19H23N5OS/c1-14-5-3-4-6-16(14)17-13-23(7-9-25-17)18(20-2)21-11-15-12-24-8-10-26-19(24)22-15/h3-6,8,10,12,17H,7,9,11,13H2,1-2H3,(H,20,21). The van der Waals surface area contributed by atoms with Crippen LogP contribution in [0.15, 0.2) is 47.0 Å². The molecule has 0 aliphatic carbocycles. The summed E-state index contributed by atoms with van der Waals surface area (Å²) in [6, 6.07) is 8.42. The molecule has 6 nitrogen and oxygen atoms in total. The van der Waals surface area contributed by atoms with E-state index in [1.54, 1.807) is 11.3 Å². The summed E-state index contributed by atoms with van der Waals surface area (Å²) in [5, 5.41) is 5.48. The molecule has 0 radical (unpaired) electrons. The number of ether oxygens (including phenoxy) is 1. The van der Waals surface area contributed by atoms with Gasteiger partial charge in [-0.05, 0) is 18.1 Å². The second kappa shape index (κ2) is 7.47. The van der Waals surface area contributed by atoms with Crippen LogP contribution in [0.5, 0.6) is 0 Å². The molecular weight excluding hydrogens is 346 g/mol. The molecule has 0 saturated carbocycles. The predicted molar refractivity (Wildman–Crippen MR) is 105 cm³/mol. The average molecular weight is 369 g/mol. The van der Waals surface area contributed by atoms with Gasteiger partial charge in [-0.3, -0.25) is 9.39 Å². The normalized spacial score (nSPS) is 18.5. The van der Waals surface area contributed by atoms with Crippen LogP contribution < -0.4 is 5.32 Å². The fraction of sp³-hybridized carbons (Fsp3) is 0.368. The SMILES string of the molecule is CN=C(NCc1cn2ccsc2n1)N1CCOC(c2ccccc2C)C1. The minimum atomic E-state index is 0.0708. The Morgan fingerprint density at radius 3 is 3.12 bits per heavy atom. The Morgan fingerprint density at radius 2 is 2.31 bits per heavy atom. The number of nitrogens with one attached hydrogen (secondary N) is 1. The van der Waals surface area contributed by atoms with E-state index < -0.39 is 0 Å². The van der Waals surface area contributed by atoms with Crippen molar-refractivity contribution in [2.75, 3.05) is 26.7 Å². The first kappa shape index (κ1) is 17.1. The van der Waals surface area contributed by atoms with Crippen LogP contribution in [0.2, 0.25) is 0 Å². The van der Waals surface area contributed by atoms with E-state index in [1.165, 1.54) is 11.1 Å². The second-order valence-electron chi connectivity index (χ2n) is 6.39. The number of aromatic nitrogens is 2. The number of guanidine groups is 1. The Bertz CT molecular complexity index is 887. The van der Waals surface area contributed by atoms with Gasteiger partial charge in [-0.2, -0.15) is 0 Å². The Kier molecular flexibility index (Phi) is 4.90. The number of hydrogen-bond donors (Lipinski definition) is 1. The lowest BCUT2D eigenvalue weighted by Gasteiger charge is -2.35. The van der Waals surface area contributed by atoms with Gasteiger partial charge in [0.05, 0.1) is 25.4 Å². The van der Waals surface area contributed by atoms with E-state index in [-0.39, 0.29) is 6.10 Å². The molecule has 1 unspecified atom stereocenters. The van der Waals surface area contributed by atoms with Crippen molar-refractivity contribution < 1.29 is 4.74 Å². The smallest absolute Gasteiger partial charge is 0.194 e. The summed E-state index contributed by atoms with van der Waals surface area (Å²) in [6.07, 6.45) is 4.16. The molecule has 1 saturated heterocycles. The van der Waals surface area contributed by atoms with Gasteiger partial charge in [0.15, 0.2) is 10.9 Å². The third-order valence-electron chi connectivity index (χ3n) is 4.68. The van der Waals surface area contributed by atoms with Crippen LogP contribution in [0, 0.1) is 6.92 Å². The van der Waals surface area contributed by atoms with Crippen molar-refractivity contribution in [2.24, 2.45) is 4.99 Å². The van der Waals surface area contributed by atoms with E-state index in [9.17, 15) is 0 Å². The summed E-state index contributed by atoms with van der Waals surface area (Å²) in [5.41, 5.74) is 3.53. The minimum absolute atomic E-state index is 0.0708. The van der Waals surface area contributed by atoms with Crippen molar-refractivity contribution in [1.82, 2.24) is 19.6 Å². The third kappa shape index (κ3) is 3.45. The third-order valence-corrected chi connectivity index (χ3v) is 5.45. The van der Waals surface area contributed by atoms with Crippen LogP contribution >= 0.6 is 11.3 Å². The van der Waals surface area contributed by atoms with E-state index in [4.69, 9.17) is 4.74 Å². The molecule has 4 rings (SSSR count). The van der Waals surface area contributed by atoms with E-state index in [0.717, 1.165) is 29.7 Å². The topological polar surface area (TPSA) is 54.2 Å². The summed E-state index contributed by atoms with van der Waals surface area (Å²) in [4.78, 5) is 12.4. The average Bonchev–Trinajstić information content (AvgIpc) is 3.25. The number of nitrogens with zero attached hydrogens (tertiary/aromatic N) is 4. The van der Waals surface area contributed by atoms with E-state index in [0.29, 0.717) is 13.2 Å². The zero-order chi connectivity index (χ0) is 17.9. The number of aliphatic imine (C=N–C) groups is 1. The lowest BCUT2D eigenvalue weighted by molar-refractivity contribution is -0.00834. The van der Waals surface area contributed by atoms with Gasteiger partial charge in [-0.15, -0.1) is 11.3 Å². The molecule has 1 atom stereocenters. The fourth-order valence-corrected chi connectivity index (χ4v) is 4.06. The Balaban J connectivity index is 1.42. The van der Waals surface area contributed by atoms with Crippen LogP contribution in [0.3, 0.4) is 0 Å². The highest BCUT2D eigenvalue weighted by molar-refractivity contribution is 7.15. The Hall–Kier alpha value is -2.38. The fourth-order valence-electron chi connectivity index (χ4n) is 3.34. The molecule has 1 N–H and O–H groups in total. The number of fused-ring (bicyclic) bond motifs is 1. The predicted octanol–water partition coefficient (Wildman–Crippen LogP) is 2.85. The molecule has 1 aliphatic heterocycles. The molecule has 3 aromatic rings. The number of morpholine rings is 1. The molecule has 0 spiro atoms. The van der Waals surface area contributed by atoms with Crippen molar-refractivity contribution >= 4 is 22.3 Å². The molecule has 26 heavy (non-hydrogen) atoms. The highest BCUT2D eigenvalue weighted by Gasteiger charge is 2.25. The first-order valence-corrected chi connectivity index (χ1v) is 9.66. The van der Waals surface area contributed by atoms with Gasteiger partial charge in [0.1, 0.15) is 6.10 Å². The monoisotopic (exact) mass is 369 g/mol. The summed E-state index contributed by atoms with van der Waals surface area (Å²) >= 11 is 1.64. The Morgan fingerprint density at radius 1 is 1.42 bits per heavy atom. The molecule has 1 aliphatic rings. The van der Waals surface area contributed by atoms with Gasteiger partial charge < -0.3 is 15.0 Å². The molecule has 0 bridgehead atoms. The van der Waals surface area contributed by atoms with Gasteiger partial charge >= 0.3 is 0 Å². The maximum Gasteiger partial charge on any atom is 0.194 e. The first-order chi connectivity index (χ1) is 12.7. The highest BCUT2D eigenvalue weighted by Crippen LogP contribution is 2.25. The number of benzene rings is 1. The molecule has 1 aromatic carbocycles. The van der Waals surface area contributed by atoms with Crippen molar-refractivity contribution in [1.29, 1.82) is 0 Å². The van der Waals surface area contributed by atoms with Gasteiger partial charge in [0.2, 0.25) is 0 Å². The first-order valence-electron chi connectivity index (χ1n) is 8.78.